The molecule has 1 aromatic carbocycles. The molecule has 6 nitrogen and oxygen atoms in total. The van der Waals surface area contributed by atoms with Crippen LogP contribution in [0.25, 0.3) is 0 Å². The SMILES string of the molecule is Cc1ccnc(NC(=O)CCC(=O)NCCN2CCCC(c3ccccc3)C2)c1. The van der Waals surface area contributed by atoms with Crippen LogP contribution in [0.2, 0.25) is 0 Å². The number of nitrogens with one attached hydrogen (secondary N) is 2. The van der Waals surface area contributed by atoms with Gasteiger partial charge < -0.3 is 15.5 Å². The molecule has 2 amide bonds. The Morgan fingerprint density at radius 3 is 2.72 bits per heavy atom. The summed E-state index contributed by atoms with van der Waals surface area (Å²) in [6.45, 7) is 5.50. The summed E-state index contributed by atoms with van der Waals surface area (Å²) < 4.78 is 0. The van der Waals surface area contributed by atoms with Gasteiger partial charge in [0.1, 0.15) is 5.82 Å². The Morgan fingerprint density at radius 2 is 1.93 bits per heavy atom. The molecule has 0 radical (unpaired) electrons. The zero-order chi connectivity index (χ0) is 20.5. The third kappa shape index (κ3) is 6.98. The van der Waals surface area contributed by atoms with Gasteiger partial charge >= 0.3 is 0 Å². The van der Waals surface area contributed by atoms with E-state index in [0.717, 1.165) is 25.2 Å². The van der Waals surface area contributed by atoms with E-state index < -0.39 is 0 Å². The van der Waals surface area contributed by atoms with Crippen LogP contribution in [0, 0.1) is 6.92 Å². The Morgan fingerprint density at radius 1 is 1.14 bits per heavy atom. The predicted octanol–water partition coefficient (Wildman–Crippen LogP) is 3.10. The smallest absolute Gasteiger partial charge is 0.226 e. The fourth-order valence-corrected chi connectivity index (χ4v) is 3.73. The predicted molar refractivity (Wildman–Crippen MR) is 115 cm³/mol. The monoisotopic (exact) mass is 394 g/mol. The molecule has 2 N–H and O–H groups in total. The summed E-state index contributed by atoms with van der Waals surface area (Å²) in [6.07, 6.45) is 4.39. The van der Waals surface area contributed by atoms with Crippen LogP contribution in [-0.4, -0.2) is 47.9 Å². The first-order valence-electron chi connectivity index (χ1n) is 10.4. The van der Waals surface area contributed by atoms with Gasteiger partial charge in [-0.25, -0.2) is 4.98 Å². The minimum atomic E-state index is -0.194. The molecule has 1 aromatic heterocycles. The van der Waals surface area contributed by atoms with Gasteiger partial charge in [0.15, 0.2) is 0 Å². The van der Waals surface area contributed by atoms with E-state index in [1.807, 2.05) is 13.0 Å². The van der Waals surface area contributed by atoms with Gasteiger partial charge in [0.2, 0.25) is 11.8 Å². The van der Waals surface area contributed by atoms with E-state index in [0.29, 0.717) is 18.3 Å². The van der Waals surface area contributed by atoms with E-state index in [2.05, 4.69) is 50.8 Å². The number of pyridine rings is 1. The number of amides is 2. The van der Waals surface area contributed by atoms with Crippen molar-refractivity contribution in [1.82, 2.24) is 15.2 Å². The first-order chi connectivity index (χ1) is 14.1. The van der Waals surface area contributed by atoms with Crippen molar-refractivity contribution in [2.75, 3.05) is 31.5 Å². The number of anilines is 1. The summed E-state index contributed by atoms with van der Waals surface area (Å²) in [5, 5.41) is 5.66. The first-order valence-corrected chi connectivity index (χ1v) is 10.4. The number of nitrogens with zero attached hydrogens (tertiary/aromatic N) is 2. The van der Waals surface area contributed by atoms with Crippen LogP contribution in [0.1, 0.15) is 42.7 Å². The van der Waals surface area contributed by atoms with Gasteiger partial charge in [-0.05, 0) is 55.5 Å². The van der Waals surface area contributed by atoms with Crippen molar-refractivity contribution < 1.29 is 9.59 Å². The highest BCUT2D eigenvalue weighted by Gasteiger charge is 2.20. The van der Waals surface area contributed by atoms with Crippen molar-refractivity contribution >= 4 is 17.6 Å². The van der Waals surface area contributed by atoms with Crippen molar-refractivity contribution in [3.05, 3.63) is 59.8 Å². The number of carbonyl (C=O) groups is 2. The molecule has 0 spiro atoms. The molecule has 1 aliphatic rings. The maximum Gasteiger partial charge on any atom is 0.226 e. The number of hydrogen-bond donors (Lipinski definition) is 2. The van der Waals surface area contributed by atoms with E-state index in [4.69, 9.17) is 0 Å². The summed E-state index contributed by atoms with van der Waals surface area (Å²) in [5.41, 5.74) is 2.43. The lowest BCUT2D eigenvalue weighted by Gasteiger charge is -2.33. The molecule has 6 heteroatoms. The van der Waals surface area contributed by atoms with Crippen molar-refractivity contribution in [2.24, 2.45) is 0 Å². The van der Waals surface area contributed by atoms with Gasteiger partial charge in [0, 0.05) is 38.7 Å². The fraction of sp³-hybridized carbons (Fsp3) is 0.435. The molecule has 1 saturated heterocycles. The van der Waals surface area contributed by atoms with Crippen molar-refractivity contribution in [3.8, 4) is 0 Å². The first kappa shape index (κ1) is 21.0. The van der Waals surface area contributed by atoms with E-state index in [-0.39, 0.29) is 24.7 Å². The van der Waals surface area contributed by atoms with Crippen LogP contribution in [-0.2, 0) is 9.59 Å². The number of likely N-dealkylation sites (tertiary alicyclic amines) is 1. The van der Waals surface area contributed by atoms with Crippen LogP contribution in [0.3, 0.4) is 0 Å². The fourth-order valence-electron chi connectivity index (χ4n) is 3.73. The number of aryl methyl sites for hydroxylation is 1. The average Bonchev–Trinajstić information content (AvgIpc) is 2.73. The van der Waals surface area contributed by atoms with Crippen LogP contribution < -0.4 is 10.6 Å². The standard InChI is InChI=1S/C23H30N4O2/c1-18-11-12-24-21(16-18)26-23(29)10-9-22(28)25-13-15-27-14-5-8-20(17-27)19-6-3-2-4-7-19/h2-4,6-7,11-12,16,20H,5,8-10,13-15,17H2,1H3,(H,25,28)(H,24,26,29). The van der Waals surface area contributed by atoms with Crippen LogP contribution in [0.5, 0.6) is 0 Å². The molecule has 0 saturated carbocycles. The zero-order valence-electron chi connectivity index (χ0n) is 17.1. The topological polar surface area (TPSA) is 74.3 Å². The largest absolute Gasteiger partial charge is 0.355 e. The van der Waals surface area contributed by atoms with E-state index >= 15 is 0 Å². The second-order valence-electron chi connectivity index (χ2n) is 7.67. The van der Waals surface area contributed by atoms with Gasteiger partial charge in [-0.15, -0.1) is 0 Å². The van der Waals surface area contributed by atoms with Crippen LogP contribution >= 0.6 is 0 Å². The Hall–Kier alpha value is -2.73. The normalized spacial score (nSPS) is 16.9. The molecule has 154 valence electrons. The highest BCUT2D eigenvalue weighted by atomic mass is 16.2. The zero-order valence-corrected chi connectivity index (χ0v) is 17.1. The molecule has 0 aliphatic carbocycles. The minimum absolute atomic E-state index is 0.0889. The van der Waals surface area contributed by atoms with Crippen molar-refractivity contribution in [2.45, 2.75) is 38.5 Å². The van der Waals surface area contributed by atoms with E-state index in [1.54, 1.807) is 12.3 Å². The third-order valence-corrected chi connectivity index (χ3v) is 5.29. The molecule has 1 aliphatic heterocycles. The Bertz CT molecular complexity index is 810. The molecule has 1 unspecified atom stereocenters. The number of aromatic nitrogens is 1. The highest BCUT2D eigenvalue weighted by molar-refractivity contribution is 5.92. The number of piperidine rings is 1. The molecule has 0 bridgehead atoms. The molecule has 1 fully saturated rings. The number of rotatable bonds is 8. The highest BCUT2D eigenvalue weighted by Crippen LogP contribution is 2.26. The van der Waals surface area contributed by atoms with E-state index in [1.165, 1.54) is 18.4 Å². The van der Waals surface area contributed by atoms with Gasteiger partial charge in [0.05, 0.1) is 0 Å². The molecule has 3 rings (SSSR count). The Kier molecular flexibility index (Phi) is 7.76. The molecule has 2 aromatic rings. The molecular weight excluding hydrogens is 364 g/mol. The molecule has 2 heterocycles. The second-order valence-corrected chi connectivity index (χ2v) is 7.67. The molecular formula is C23H30N4O2. The second kappa shape index (κ2) is 10.7. The van der Waals surface area contributed by atoms with Crippen molar-refractivity contribution in [1.29, 1.82) is 0 Å². The van der Waals surface area contributed by atoms with Crippen molar-refractivity contribution in [3.63, 3.8) is 0 Å². The van der Waals surface area contributed by atoms with E-state index in [9.17, 15) is 9.59 Å². The van der Waals surface area contributed by atoms with Gasteiger partial charge in [-0.2, -0.15) is 0 Å². The van der Waals surface area contributed by atoms with Gasteiger partial charge in [0.25, 0.3) is 0 Å². The minimum Gasteiger partial charge on any atom is -0.355 e. The number of hydrogen-bond acceptors (Lipinski definition) is 4. The lowest BCUT2D eigenvalue weighted by atomic mass is 9.91. The summed E-state index contributed by atoms with van der Waals surface area (Å²) in [4.78, 5) is 30.5. The Balaban J connectivity index is 1.33. The summed E-state index contributed by atoms with van der Waals surface area (Å²) in [6, 6.07) is 14.3. The summed E-state index contributed by atoms with van der Waals surface area (Å²) >= 11 is 0. The third-order valence-electron chi connectivity index (χ3n) is 5.29. The molecule has 29 heavy (non-hydrogen) atoms. The summed E-state index contributed by atoms with van der Waals surface area (Å²) in [7, 11) is 0. The lowest BCUT2D eigenvalue weighted by molar-refractivity contribution is -0.124. The average molecular weight is 395 g/mol. The summed E-state index contributed by atoms with van der Waals surface area (Å²) in [5.74, 6) is 0.807. The maximum atomic E-state index is 12.1. The lowest BCUT2D eigenvalue weighted by Crippen LogP contribution is -2.40. The Labute approximate surface area is 172 Å². The van der Waals surface area contributed by atoms with Crippen LogP contribution in [0.4, 0.5) is 5.82 Å². The van der Waals surface area contributed by atoms with Gasteiger partial charge in [-0.3, -0.25) is 9.59 Å². The van der Waals surface area contributed by atoms with Gasteiger partial charge in [-0.1, -0.05) is 30.3 Å². The quantitative estimate of drug-likeness (QED) is 0.721. The number of benzene rings is 1. The maximum absolute atomic E-state index is 12.1. The van der Waals surface area contributed by atoms with Crippen LogP contribution in [0.15, 0.2) is 48.7 Å². The number of carbonyl (C=O) groups excluding carboxylic acids is 2. The molecule has 1 atom stereocenters.